The summed E-state index contributed by atoms with van der Waals surface area (Å²) in [6, 6.07) is 15.3. The van der Waals surface area contributed by atoms with E-state index in [1.165, 1.54) is 0 Å². The van der Waals surface area contributed by atoms with Gasteiger partial charge < -0.3 is 15.4 Å². The van der Waals surface area contributed by atoms with Crippen molar-refractivity contribution in [3.63, 3.8) is 0 Å². The summed E-state index contributed by atoms with van der Waals surface area (Å²) in [4.78, 5) is 0. The maximum absolute atomic E-state index is 5.85. The Morgan fingerprint density at radius 3 is 2.38 bits per heavy atom. The van der Waals surface area contributed by atoms with E-state index >= 15 is 0 Å². The molecule has 0 aliphatic carbocycles. The summed E-state index contributed by atoms with van der Waals surface area (Å²) in [7, 11) is 0. The summed E-state index contributed by atoms with van der Waals surface area (Å²) >= 11 is 11.1. The lowest BCUT2D eigenvalue weighted by molar-refractivity contribution is 0.340. The van der Waals surface area contributed by atoms with E-state index in [1.807, 2.05) is 55.5 Å². The van der Waals surface area contributed by atoms with Gasteiger partial charge in [0, 0.05) is 17.3 Å². The van der Waals surface area contributed by atoms with E-state index in [4.69, 9.17) is 28.6 Å². The van der Waals surface area contributed by atoms with Crippen molar-refractivity contribution in [1.82, 2.24) is 5.32 Å². The fraction of sp³-hybridized carbons (Fsp3) is 0.188. The number of hydrogen-bond donors (Lipinski definition) is 2. The molecule has 0 radical (unpaired) electrons. The number of nitrogens with one attached hydrogen (secondary N) is 2. The SMILES string of the molecule is CCOc1ccc(NC(=S)NCc2ccc(Cl)cc2)cc1. The van der Waals surface area contributed by atoms with Crippen LogP contribution in [-0.2, 0) is 6.54 Å². The molecule has 0 saturated carbocycles. The van der Waals surface area contributed by atoms with Gasteiger partial charge >= 0.3 is 0 Å². The number of halogens is 1. The maximum Gasteiger partial charge on any atom is 0.171 e. The molecule has 0 fully saturated rings. The van der Waals surface area contributed by atoms with Crippen LogP contribution in [0.1, 0.15) is 12.5 Å². The molecular weight excluding hydrogens is 304 g/mol. The Morgan fingerprint density at radius 2 is 1.76 bits per heavy atom. The zero-order chi connectivity index (χ0) is 15.1. The largest absolute Gasteiger partial charge is 0.494 e. The monoisotopic (exact) mass is 320 g/mol. The first-order valence-corrected chi connectivity index (χ1v) is 7.48. The molecule has 3 nitrogen and oxygen atoms in total. The topological polar surface area (TPSA) is 33.3 Å². The summed E-state index contributed by atoms with van der Waals surface area (Å²) in [5.41, 5.74) is 2.04. The highest BCUT2D eigenvalue weighted by molar-refractivity contribution is 7.80. The molecule has 0 bridgehead atoms. The molecule has 2 rings (SSSR count). The van der Waals surface area contributed by atoms with Crippen LogP contribution in [0.25, 0.3) is 0 Å². The smallest absolute Gasteiger partial charge is 0.171 e. The highest BCUT2D eigenvalue weighted by Gasteiger charge is 1.99. The predicted molar refractivity (Wildman–Crippen MR) is 92.1 cm³/mol. The lowest BCUT2D eigenvalue weighted by Gasteiger charge is -2.11. The van der Waals surface area contributed by atoms with E-state index in [0.29, 0.717) is 18.3 Å². The van der Waals surface area contributed by atoms with Crippen molar-refractivity contribution in [3.05, 3.63) is 59.1 Å². The molecule has 0 aliphatic rings. The van der Waals surface area contributed by atoms with Crippen molar-refractivity contribution in [2.45, 2.75) is 13.5 Å². The second-order valence-corrected chi connectivity index (χ2v) is 5.24. The van der Waals surface area contributed by atoms with E-state index in [9.17, 15) is 0 Å². The minimum Gasteiger partial charge on any atom is -0.494 e. The first-order valence-electron chi connectivity index (χ1n) is 6.69. The Kier molecular flexibility index (Phi) is 5.84. The van der Waals surface area contributed by atoms with E-state index in [-0.39, 0.29) is 0 Å². The van der Waals surface area contributed by atoms with Gasteiger partial charge in [0.15, 0.2) is 5.11 Å². The van der Waals surface area contributed by atoms with Gasteiger partial charge in [-0.05, 0) is 61.1 Å². The van der Waals surface area contributed by atoms with Crippen LogP contribution in [0.3, 0.4) is 0 Å². The Bertz CT molecular complexity index is 584. The van der Waals surface area contributed by atoms with Gasteiger partial charge in [0.25, 0.3) is 0 Å². The summed E-state index contributed by atoms with van der Waals surface area (Å²) in [5, 5.41) is 7.59. The van der Waals surface area contributed by atoms with E-state index in [1.54, 1.807) is 0 Å². The van der Waals surface area contributed by atoms with Crippen molar-refractivity contribution >= 4 is 34.6 Å². The number of benzene rings is 2. The highest BCUT2D eigenvalue weighted by atomic mass is 35.5. The second kappa shape index (κ2) is 7.86. The van der Waals surface area contributed by atoms with Crippen LogP contribution in [0.4, 0.5) is 5.69 Å². The lowest BCUT2D eigenvalue weighted by Crippen LogP contribution is -2.27. The molecule has 0 aliphatic heterocycles. The molecule has 0 unspecified atom stereocenters. The van der Waals surface area contributed by atoms with Crippen molar-refractivity contribution in [1.29, 1.82) is 0 Å². The third-order valence-corrected chi connectivity index (χ3v) is 3.29. The van der Waals surface area contributed by atoms with Crippen LogP contribution in [0.15, 0.2) is 48.5 Å². The van der Waals surface area contributed by atoms with Crippen molar-refractivity contribution in [2.75, 3.05) is 11.9 Å². The van der Waals surface area contributed by atoms with Gasteiger partial charge in [-0.3, -0.25) is 0 Å². The second-order valence-electron chi connectivity index (χ2n) is 4.39. The predicted octanol–water partition coefficient (Wildman–Crippen LogP) is 4.23. The van der Waals surface area contributed by atoms with Gasteiger partial charge in [0.2, 0.25) is 0 Å². The Morgan fingerprint density at radius 1 is 1.10 bits per heavy atom. The molecule has 2 N–H and O–H groups in total. The fourth-order valence-corrected chi connectivity index (χ4v) is 2.08. The van der Waals surface area contributed by atoms with Crippen LogP contribution < -0.4 is 15.4 Å². The van der Waals surface area contributed by atoms with Gasteiger partial charge in [-0.25, -0.2) is 0 Å². The van der Waals surface area contributed by atoms with Crippen molar-refractivity contribution in [2.24, 2.45) is 0 Å². The molecule has 0 atom stereocenters. The van der Waals surface area contributed by atoms with Crippen LogP contribution in [0.5, 0.6) is 5.75 Å². The average molecular weight is 321 g/mol. The Balaban J connectivity index is 1.82. The molecule has 2 aromatic carbocycles. The quantitative estimate of drug-likeness (QED) is 0.808. The highest BCUT2D eigenvalue weighted by Crippen LogP contribution is 2.15. The third-order valence-electron chi connectivity index (χ3n) is 2.79. The number of anilines is 1. The minimum absolute atomic E-state index is 0.578. The van der Waals surface area contributed by atoms with Gasteiger partial charge in [0.05, 0.1) is 6.61 Å². The molecule has 0 spiro atoms. The lowest BCUT2D eigenvalue weighted by atomic mass is 10.2. The van der Waals surface area contributed by atoms with Crippen LogP contribution in [-0.4, -0.2) is 11.7 Å². The summed E-state index contributed by atoms with van der Waals surface area (Å²) < 4.78 is 5.39. The van der Waals surface area contributed by atoms with Crippen LogP contribution in [0, 0.1) is 0 Å². The van der Waals surface area contributed by atoms with Crippen LogP contribution in [0.2, 0.25) is 5.02 Å². The van der Waals surface area contributed by atoms with E-state index < -0.39 is 0 Å². The Labute approximate surface area is 135 Å². The molecular formula is C16H17ClN2OS. The molecule has 0 amide bonds. The van der Waals surface area contributed by atoms with Crippen LogP contribution >= 0.6 is 23.8 Å². The van der Waals surface area contributed by atoms with E-state index in [2.05, 4.69) is 10.6 Å². The number of rotatable bonds is 5. The summed E-state index contributed by atoms with van der Waals surface area (Å²) in [6.07, 6.45) is 0. The summed E-state index contributed by atoms with van der Waals surface area (Å²) in [5.74, 6) is 0.850. The fourth-order valence-electron chi connectivity index (χ4n) is 1.76. The molecule has 110 valence electrons. The maximum atomic E-state index is 5.85. The van der Waals surface area contributed by atoms with Gasteiger partial charge in [-0.15, -0.1) is 0 Å². The summed E-state index contributed by atoms with van der Waals surface area (Å²) in [6.45, 7) is 3.27. The number of hydrogen-bond acceptors (Lipinski definition) is 2. The standard InChI is InChI=1S/C16H17ClN2OS/c1-2-20-15-9-7-14(8-10-15)19-16(21)18-11-12-3-5-13(17)6-4-12/h3-10H,2,11H2,1H3,(H2,18,19,21). The zero-order valence-electron chi connectivity index (χ0n) is 11.7. The molecule has 21 heavy (non-hydrogen) atoms. The minimum atomic E-state index is 0.578. The first-order chi connectivity index (χ1) is 10.2. The normalized spacial score (nSPS) is 10.0. The van der Waals surface area contributed by atoms with Gasteiger partial charge in [0.1, 0.15) is 5.75 Å². The zero-order valence-corrected chi connectivity index (χ0v) is 13.3. The van der Waals surface area contributed by atoms with Crippen molar-refractivity contribution < 1.29 is 4.74 Å². The third kappa shape index (κ3) is 5.25. The molecule has 5 heteroatoms. The van der Waals surface area contributed by atoms with Crippen molar-refractivity contribution in [3.8, 4) is 5.75 Å². The van der Waals surface area contributed by atoms with E-state index in [0.717, 1.165) is 22.0 Å². The average Bonchev–Trinajstić information content (AvgIpc) is 2.49. The molecule has 0 aromatic heterocycles. The molecule has 2 aromatic rings. The molecule has 0 saturated heterocycles. The number of ether oxygens (including phenoxy) is 1. The number of thiocarbonyl (C=S) groups is 1. The Hall–Kier alpha value is -1.78. The van der Waals surface area contributed by atoms with Gasteiger partial charge in [-0.2, -0.15) is 0 Å². The molecule has 0 heterocycles. The first kappa shape index (κ1) is 15.6. The van der Waals surface area contributed by atoms with Gasteiger partial charge in [-0.1, -0.05) is 23.7 Å².